The molecule has 1 unspecified atom stereocenters. The number of carbonyl (C=O) groups is 3. The predicted molar refractivity (Wildman–Crippen MR) is 119 cm³/mol. The first-order chi connectivity index (χ1) is 15.6. The first-order valence-electron chi connectivity index (χ1n) is 10.1. The van der Waals surface area contributed by atoms with Crippen molar-refractivity contribution < 1.29 is 33.3 Å². The van der Waals surface area contributed by atoms with Crippen molar-refractivity contribution in [1.29, 1.82) is 0 Å². The van der Waals surface area contributed by atoms with E-state index in [2.05, 4.69) is 15.3 Å². The number of hydrogen-bond acceptors (Lipinski definition) is 11. The average Bonchev–Trinajstić information content (AvgIpc) is 3.14. The van der Waals surface area contributed by atoms with Crippen LogP contribution in [-0.4, -0.2) is 58.2 Å². The number of aliphatic imine (C=N–C) groups is 1. The van der Waals surface area contributed by atoms with Gasteiger partial charge in [0.15, 0.2) is 17.9 Å². The van der Waals surface area contributed by atoms with Gasteiger partial charge in [0.2, 0.25) is 0 Å². The molecule has 2 aromatic rings. The van der Waals surface area contributed by atoms with Crippen LogP contribution in [0.4, 0.5) is 11.6 Å². The summed E-state index contributed by atoms with van der Waals surface area (Å²) in [6, 6.07) is 3.49. The highest BCUT2D eigenvalue weighted by Crippen LogP contribution is 2.47. The molecule has 0 bridgehead atoms. The van der Waals surface area contributed by atoms with Crippen LogP contribution in [-0.2, 0) is 33.3 Å². The fraction of sp³-hybridized carbons (Fsp3) is 0.429. The highest BCUT2D eigenvalue weighted by Gasteiger charge is 2.60. The summed E-state index contributed by atoms with van der Waals surface area (Å²) in [5.41, 5.74) is -1.47. The molecule has 11 nitrogen and oxygen atoms in total. The molecule has 12 heteroatoms. The molecule has 2 aromatic heterocycles. The van der Waals surface area contributed by atoms with Gasteiger partial charge in [0.05, 0.1) is 11.7 Å². The molecule has 33 heavy (non-hydrogen) atoms. The van der Waals surface area contributed by atoms with Crippen LogP contribution in [0.5, 0.6) is 0 Å². The Kier molecular flexibility index (Phi) is 5.89. The number of nitrogens with one attached hydrogen (secondary N) is 1. The normalized spacial score (nSPS) is 25.4. The number of ether oxygens (including phenoxy) is 4. The molecule has 0 aliphatic carbocycles. The quantitative estimate of drug-likeness (QED) is 0.392. The van der Waals surface area contributed by atoms with Gasteiger partial charge in [-0.3, -0.25) is 14.4 Å². The standard InChI is InChI=1S/C21H22N4O7S/c1-10(26)29-8-14-17(30-11(2)27)21(4,32-12(3)28)20(31-14)25-7-13-5-6-15(33)24-18-16(13)19(25)23-9-22-18/h5-7,9,14,17,20H,8H2,1-4H3,(H,22,23,24,33)/t14-,17-,20?,21-/m1/s1. The molecule has 2 aliphatic rings. The summed E-state index contributed by atoms with van der Waals surface area (Å²) in [5.74, 6) is -0.735. The molecule has 1 fully saturated rings. The van der Waals surface area contributed by atoms with Gasteiger partial charge in [-0.1, -0.05) is 12.2 Å². The highest BCUT2D eigenvalue weighted by molar-refractivity contribution is 7.71. The van der Waals surface area contributed by atoms with Gasteiger partial charge in [0.1, 0.15) is 29.0 Å². The molecular weight excluding hydrogens is 452 g/mol. The zero-order valence-electron chi connectivity index (χ0n) is 18.4. The summed E-state index contributed by atoms with van der Waals surface area (Å²) in [6.45, 7) is 5.13. The lowest BCUT2D eigenvalue weighted by Crippen LogP contribution is -2.50. The maximum absolute atomic E-state index is 12.1. The molecule has 0 amide bonds. The summed E-state index contributed by atoms with van der Waals surface area (Å²) < 4.78 is 24.6. The maximum atomic E-state index is 12.1. The van der Waals surface area contributed by atoms with Gasteiger partial charge in [0.25, 0.3) is 0 Å². The van der Waals surface area contributed by atoms with E-state index in [1.165, 1.54) is 27.1 Å². The third kappa shape index (κ3) is 4.18. The predicted octanol–water partition coefficient (Wildman–Crippen LogP) is 2.57. The molecule has 0 radical (unpaired) electrons. The van der Waals surface area contributed by atoms with E-state index in [1.807, 2.05) is 0 Å². The number of esters is 3. The van der Waals surface area contributed by atoms with Crippen LogP contribution >= 0.6 is 12.2 Å². The summed E-state index contributed by atoms with van der Waals surface area (Å²) in [6.07, 6.45) is 0.307. The van der Waals surface area contributed by atoms with E-state index in [1.54, 1.807) is 29.8 Å². The molecule has 1 saturated heterocycles. The number of aromatic nitrogens is 2. The van der Waals surface area contributed by atoms with Crippen LogP contribution in [0, 0.1) is 4.64 Å². The fourth-order valence-electron chi connectivity index (χ4n) is 4.18. The van der Waals surface area contributed by atoms with Gasteiger partial charge in [-0.15, -0.1) is 0 Å². The van der Waals surface area contributed by atoms with Crippen molar-refractivity contribution in [2.45, 2.75) is 51.7 Å². The van der Waals surface area contributed by atoms with Crippen molar-refractivity contribution in [3.05, 3.63) is 23.0 Å². The third-order valence-corrected chi connectivity index (χ3v) is 5.57. The SMILES string of the molecule is CC(=O)OC[C@H]1OC(n2cc3ccc(=S)nc4c3c2N=CN4)[C@](C)(OC(C)=O)[C@@H]1OC(C)=O. The van der Waals surface area contributed by atoms with E-state index in [0.29, 0.717) is 21.7 Å². The number of hydrogen-bond donors (Lipinski definition) is 1. The Balaban J connectivity index is 1.88. The van der Waals surface area contributed by atoms with Crippen molar-refractivity contribution in [2.24, 2.45) is 4.99 Å². The molecule has 174 valence electrons. The van der Waals surface area contributed by atoms with Crippen LogP contribution in [0.1, 0.15) is 33.9 Å². The zero-order valence-corrected chi connectivity index (χ0v) is 19.2. The first kappa shape index (κ1) is 22.8. The fourth-order valence-corrected chi connectivity index (χ4v) is 4.33. The van der Waals surface area contributed by atoms with Gasteiger partial charge >= 0.3 is 17.9 Å². The average molecular weight is 474 g/mol. The Morgan fingerprint density at radius 1 is 1.21 bits per heavy atom. The van der Waals surface area contributed by atoms with E-state index >= 15 is 0 Å². The molecule has 4 atom stereocenters. The minimum absolute atomic E-state index is 0.206. The maximum Gasteiger partial charge on any atom is 0.303 e. The summed E-state index contributed by atoms with van der Waals surface area (Å²) in [4.78, 5) is 44.2. The first-order valence-corrected chi connectivity index (χ1v) is 10.5. The number of nitrogens with zero attached hydrogens (tertiary/aromatic N) is 3. The van der Waals surface area contributed by atoms with Crippen LogP contribution in [0.2, 0.25) is 0 Å². The van der Waals surface area contributed by atoms with E-state index in [4.69, 9.17) is 31.2 Å². The molecule has 4 heterocycles. The second kappa shape index (κ2) is 8.52. The lowest BCUT2D eigenvalue weighted by molar-refractivity contribution is -0.184. The van der Waals surface area contributed by atoms with Crippen LogP contribution in [0.3, 0.4) is 0 Å². The minimum atomic E-state index is -1.47. The number of anilines is 1. The van der Waals surface area contributed by atoms with Gasteiger partial charge in [-0.2, -0.15) is 0 Å². The van der Waals surface area contributed by atoms with Crippen molar-refractivity contribution in [2.75, 3.05) is 11.9 Å². The monoisotopic (exact) mass is 474 g/mol. The number of carbonyl (C=O) groups excluding carboxylic acids is 3. The highest BCUT2D eigenvalue weighted by atomic mass is 32.1. The Labute approximate surface area is 193 Å². The third-order valence-electron chi connectivity index (χ3n) is 5.34. The molecule has 0 spiro atoms. The number of rotatable bonds is 5. The minimum Gasteiger partial charge on any atom is -0.463 e. The molecule has 0 aromatic carbocycles. The Hall–Kier alpha value is -3.38. The van der Waals surface area contributed by atoms with Crippen molar-refractivity contribution in [1.82, 2.24) is 9.55 Å². The van der Waals surface area contributed by atoms with Crippen molar-refractivity contribution >= 4 is 58.9 Å². The second-order valence-corrected chi connectivity index (χ2v) is 8.28. The van der Waals surface area contributed by atoms with E-state index in [0.717, 1.165) is 5.39 Å². The van der Waals surface area contributed by atoms with Gasteiger partial charge in [-0.25, -0.2) is 9.98 Å². The van der Waals surface area contributed by atoms with Crippen LogP contribution < -0.4 is 5.32 Å². The summed E-state index contributed by atoms with van der Waals surface area (Å²) in [7, 11) is 0. The summed E-state index contributed by atoms with van der Waals surface area (Å²) >= 11 is 5.22. The van der Waals surface area contributed by atoms with Crippen LogP contribution in [0.25, 0.3) is 10.8 Å². The van der Waals surface area contributed by atoms with Gasteiger partial charge in [0, 0.05) is 32.4 Å². The molecule has 0 saturated carbocycles. The molecule has 4 rings (SSSR count). The van der Waals surface area contributed by atoms with E-state index < -0.39 is 41.9 Å². The van der Waals surface area contributed by atoms with Gasteiger partial charge < -0.3 is 28.8 Å². The molecule has 2 aliphatic heterocycles. The zero-order chi connectivity index (χ0) is 23.9. The Morgan fingerprint density at radius 2 is 1.97 bits per heavy atom. The van der Waals surface area contributed by atoms with Crippen molar-refractivity contribution in [3.8, 4) is 0 Å². The van der Waals surface area contributed by atoms with E-state index in [9.17, 15) is 14.4 Å². The Bertz CT molecular complexity index is 1240. The van der Waals surface area contributed by atoms with Crippen molar-refractivity contribution in [3.63, 3.8) is 0 Å². The van der Waals surface area contributed by atoms with E-state index in [-0.39, 0.29) is 6.61 Å². The Morgan fingerprint density at radius 3 is 2.64 bits per heavy atom. The lowest BCUT2D eigenvalue weighted by atomic mass is 9.95. The van der Waals surface area contributed by atoms with Gasteiger partial charge in [-0.05, 0) is 19.1 Å². The second-order valence-electron chi connectivity index (χ2n) is 7.86. The lowest BCUT2D eigenvalue weighted by Gasteiger charge is -2.34. The topological polar surface area (TPSA) is 130 Å². The molecular formula is C21H22N4O7S. The van der Waals surface area contributed by atoms with Crippen LogP contribution in [0.15, 0.2) is 23.3 Å². The summed E-state index contributed by atoms with van der Waals surface area (Å²) in [5, 5.41) is 4.43. The largest absolute Gasteiger partial charge is 0.463 e. The smallest absolute Gasteiger partial charge is 0.303 e. The molecule has 1 N–H and O–H groups in total.